The van der Waals surface area contributed by atoms with Gasteiger partial charge in [-0.2, -0.15) is 0 Å². The lowest BCUT2D eigenvalue weighted by atomic mass is 10.2. The number of carbonyl (C=O) groups is 1. The number of amides is 1. The number of carbonyl (C=O) groups excluding carboxylic acids is 1. The van der Waals surface area contributed by atoms with E-state index in [4.69, 9.17) is 16.7 Å². The molecular formula is C12H14ClNO2S. The van der Waals surface area contributed by atoms with Gasteiger partial charge in [-0.15, -0.1) is 11.3 Å². The molecule has 0 spiro atoms. The monoisotopic (exact) mass is 271 g/mol. The summed E-state index contributed by atoms with van der Waals surface area (Å²) in [6, 6.07) is 3.67. The van der Waals surface area contributed by atoms with Gasteiger partial charge in [-0.25, -0.2) is 0 Å². The summed E-state index contributed by atoms with van der Waals surface area (Å²) in [6.45, 7) is 0.782. The van der Waals surface area contributed by atoms with Gasteiger partial charge in [0.2, 0.25) is 5.91 Å². The van der Waals surface area contributed by atoms with Crippen LogP contribution < -0.4 is 0 Å². The number of hydrogen-bond acceptors (Lipinski definition) is 3. The van der Waals surface area contributed by atoms with Crippen molar-refractivity contribution in [1.29, 1.82) is 0 Å². The van der Waals surface area contributed by atoms with E-state index in [2.05, 4.69) is 0 Å². The highest BCUT2D eigenvalue weighted by Gasteiger charge is 2.26. The van der Waals surface area contributed by atoms with Crippen LogP contribution in [-0.2, 0) is 4.79 Å². The molecule has 0 radical (unpaired) electrons. The second-order valence-corrected chi connectivity index (χ2v) is 5.73. The van der Waals surface area contributed by atoms with Crippen molar-refractivity contribution in [2.24, 2.45) is 0 Å². The van der Waals surface area contributed by atoms with Gasteiger partial charge < -0.3 is 10.0 Å². The Morgan fingerprint density at radius 1 is 1.65 bits per heavy atom. The zero-order chi connectivity index (χ0) is 12.3. The number of likely N-dealkylation sites (tertiary alicyclic amines) is 1. The Kier molecular flexibility index (Phi) is 4.20. The number of aliphatic hydroxyl groups is 1. The second kappa shape index (κ2) is 5.67. The summed E-state index contributed by atoms with van der Waals surface area (Å²) in [7, 11) is 0. The molecule has 1 aromatic rings. The van der Waals surface area contributed by atoms with Crippen molar-refractivity contribution in [2.45, 2.75) is 18.9 Å². The lowest BCUT2D eigenvalue weighted by Gasteiger charge is -2.21. The first kappa shape index (κ1) is 12.6. The fourth-order valence-corrected chi connectivity index (χ4v) is 2.95. The second-order valence-electron chi connectivity index (χ2n) is 3.99. The quantitative estimate of drug-likeness (QED) is 0.858. The van der Waals surface area contributed by atoms with Gasteiger partial charge in [-0.05, 0) is 31.1 Å². The van der Waals surface area contributed by atoms with Crippen LogP contribution in [0.2, 0.25) is 4.34 Å². The molecule has 92 valence electrons. The summed E-state index contributed by atoms with van der Waals surface area (Å²) < 4.78 is 0.714. The standard InChI is InChI=1S/C12H14ClNO2S/c13-11-5-3-10(17-11)4-6-12(16)14-7-1-2-9(14)8-15/h3-6,9,15H,1-2,7-8H2/b6-4+. The molecule has 0 saturated carbocycles. The highest BCUT2D eigenvalue weighted by molar-refractivity contribution is 7.17. The van der Waals surface area contributed by atoms with E-state index >= 15 is 0 Å². The SMILES string of the molecule is O=C(/C=C/c1ccc(Cl)s1)N1CCCC1CO. The van der Waals surface area contributed by atoms with E-state index in [9.17, 15) is 4.79 Å². The van der Waals surface area contributed by atoms with Gasteiger partial charge in [0.1, 0.15) is 0 Å². The number of hydrogen-bond donors (Lipinski definition) is 1. The fourth-order valence-electron chi connectivity index (χ4n) is 1.98. The first-order valence-electron chi connectivity index (χ1n) is 5.55. The van der Waals surface area contributed by atoms with E-state index in [0.717, 1.165) is 24.3 Å². The Morgan fingerprint density at radius 3 is 3.12 bits per heavy atom. The number of thiophene rings is 1. The van der Waals surface area contributed by atoms with E-state index < -0.39 is 0 Å². The number of halogens is 1. The van der Waals surface area contributed by atoms with Gasteiger partial charge in [0.15, 0.2) is 0 Å². The first-order valence-corrected chi connectivity index (χ1v) is 6.75. The molecule has 3 nitrogen and oxygen atoms in total. The normalized spacial score (nSPS) is 20.4. The van der Waals surface area contributed by atoms with Crippen molar-refractivity contribution in [3.05, 3.63) is 27.4 Å². The first-order chi connectivity index (χ1) is 8.20. The Morgan fingerprint density at radius 2 is 2.47 bits per heavy atom. The maximum absolute atomic E-state index is 11.9. The third-order valence-corrected chi connectivity index (χ3v) is 4.05. The Balaban J connectivity index is 1.99. The molecule has 0 aromatic carbocycles. The van der Waals surface area contributed by atoms with Gasteiger partial charge in [0.05, 0.1) is 17.0 Å². The molecule has 1 atom stereocenters. The molecular weight excluding hydrogens is 258 g/mol. The van der Waals surface area contributed by atoms with Crippen LogP contribution in [0.3, 0.4) is 0 Å². The largest absolute Gasteiger partial charge is 0.394 e. The van der Waals surface area contributed by atoms with Crippen LogP contribution in [0.5, 0.6) is 0 Å². The Bertz CT molecular complexity index is 430. The molecule has 1 aliphatic rings. The molecule has 1 aliphatic heterocycles. The van der Waals surface area contributed by atoms with Crippen LogP contribution in [-0.4, -0.2) is 35.1 Å². The predicted molar refractivity (Wildman–Crippen MR) is 70.2 cm³/mol. The Hall–Kier alpha value is -0.840. The number of nitrogens with zero attached hydrogens (tertiary/aromatic N) is 1. The van der Waals surface area contributed by atoms with Gasteiger partial charge in [-0.1, -0.05) is 11.6 Å². The lowest BCUT2D eigenvalue weighted by molar-refractivity contribution is -0.127. The highest BCUT2D eigenvalue weighted by Crippen LogP contribution is 2.23. The summed E-state index contributed by atoms with van der Waals surface area (Å²) in [5, 5.41) is 9.14. The van der Waals surface area contributed by atoms with Gasteiger partial charge in [0, 0.05) is 17.5 Å². The van der Waals surface area contributed by atoms with E-state index in [1.165, 1.54) is 11.3 Å². The van der Waals surface area contributed by atoms with Crippen molar-refractivity contribution >= 4 is 34.9 Å². The summed E-state index contributed by atoms with van der Waals surface area (Å²) in [4.78, 5) is 14.6. The third-order valence-electron chi connectivity index (χ3n) is 2.86. The zero-order valence-corrected chi connectivity index (χ0v) is 10.9. The molecule has 1 saturated heterocycles. The van der Waals surface area contributed by atoms with Gasteiger partial charge in [0.25, 0.3) is 0 Å². The number of aliphatic hydroxyl groups excluding tert-OH is 1. The minimum Gasteiger partial charge on any atom is -0.394 e. The molecule has 1 unspecified atom stereocenters. The molecule has 0 bridgehead atoms. The van der Waals surface area contributed by atoms with Crippen LogP contribution in [0.4, 0.5) is 0 Å². The van der Waals surface area contributed by atoms with Gasteiger partial charge >= 0.3 is 0 Å². The average molecular weight is 272 g/mol. The minimum absolute atomic E-state index is 0.0147. The van der Waals surface area contributed by atoms with Crippen molar-refractivity contribution in [1.82, 2.24) is 4.90 Å². The van der Waals surface area contributed by atoms with Crippen LogP contribution in [0, 0.1) is 0 Å². The highest BCUT2D eigenvalue weighted by atomic mass is 35.5. The summed E-state index contributed by atoms with van der Waals surface area (Å²) in [5.41, 5.74) is 0. The maximum Gasteiger partial charge on any atom is 0.246 e. The van der Waals surface area contributed by atoms with Crippen LogP contribution >= 0.6 is 22.9 Å². The van der Waals surface area contributed by atoms with Crippen LogP contribution in [0.25, 0.3) is 6.08 Å². The molecule has 1 amide bonds. The Labute approximate surface area is 109 Å². The van der Waals surface area contributed by atoms with E-state index in [-0.39, 0.29) is 18.6 Å². The van der Waals surface area contributed by atoms with E-state index in [1.54, 1.807) is 17.1 Å². The van der Waals surface area contributed by atoms with Crippen LogP contribution in [0.15, 0.2) is 18.2 Å². The zero-order valence-electron chi connectivity index (χ0n) is 9.30. The third kappa shape index (κ3) is 3.09. The maximum atomic E-state index is 11.9. The molecule has 17 heavy (non-hydrogen) atoms. The molecule has 2 rings (SSSR count). The smallest absolute Gasteiger partial charge is 0.246 e. The average Bonchev–Trinajstić information content (AvgIpc) is 2.94. The van der Waals surface area contributed by atoms with Crippen molar-refractivity contribution in [2.75, 3.05) is 13.2 Å². The topological polar surface area (TPSA) is 40.5 Å². The van der Waals surface area contributed by atoms with Crippen LogP contribution in [0.1, 0.15) is 17.7 Å². The molecule has 5 heteroatoms. The molecule has 1 aromatic heterocycles. The lowest BCUT2D eigenvalue weighted by Crippen LogP contribution is -2.36. The molecule has 1 N–H and O–H groups in total. The number of rotatable bonds is 3. The summed E-state index contributed by atoms with van der Waals surface area (Å²) >= 11 is 7.24. The van der Waals surface area contributed by atoms with E-state index in [0.29, 0.717) is 4.34 Å². The molecule has 0 aliphatic carbocycles. The predicted octanol–water partition coefficient (Wildman–Crippen LogP) is 2.40. The van der Waals surface area contributed by atoms with Crippen molar-refractivity contribution < 1.29 is 9.90 Å². The minimum atomic E-state index is -0.0360. The molecule has 2 heterocycles. The molecule has 1 fully saturated rings. The van der Waals surface area contributed by atoms with Crippen molar-refractivity contribution in [3.63, 3.8) is 0 Å². The summed E-state index contributed by atoms with van der Waals surface area (Å²) in [5.74, 6) is -0.0360. The van der Waals surface area contributed by atoms with Crippen molar-refractivity contribution in [3.8, 4) is 0 Å². The fraction of sp³-hybridized carbons (Fsp3) is 0.417. The van der Waals surface area contributed by atoms with E-state index in [1.807, 2.05) is 12.1 Å². The van der Waals surface area contributed by atoms with Gasteiger partial charge in [-0.3, -0.25) is 4.79 Å². The summed E-state index contributed by atoms with van der Waals surface area (Å²) in [6.07, 6.45) is 5.18.